The maximum Gasteiger partial charge on any atom is 0.365 e. The molecule has 0 N–H and O–H groups in total. The summed E-state index contributed by atoms with van der Waals surface area (Å²) >= 11 is 0. The monoisotopic (exact) mass is 366 g/mol. The number of allylic oxidation sites excluding steroid dienone is 4. The zero-order valence-electron chi connectivity index (χ0n) is 14.7. The number of nitro benzene ring substituents is 1. The highest BCUT2D eigenvalue weighted by atomic mass is 16.7. The number of ketones is 1. The Morgan fingerprint density at radius 1 is 1.22 bits per heavy atom. The van der Waals surface area contributed by atoms with Crippen LogP contribution in [-0.4, -0.2) is 22.4 Å². The van der Waals surface area contributed by atoms with E-state index in [9.17, 15) is 19.7 Å². The molecule has 1 saturated carbocycles. The zero-order valence-corrected chi connectivity index (χ0v) is 14.7. The number of oxime groups is 1. The minimum Gasteiger partial charge on any atom is -0.313 e. The summed E-state index contributed by atoms with van der Waals surface area (Å²) < 4.78 is 0. The SMILES string of the molecule is CC1=CC(=O)[C@@H]2[C@@H](/C1=N/OC(=O)c1cccc([N+](=O)[O-])c1)[C@H]1C=C[C@H]2CC1. The Morgan fingerprint density at radius 2 is 1.93 bits per heavy atom. The van der Waals surface area contributed by atoms with Gasteiger partial charge < -0.3 is 4.84 Å². The van der Waals surface area contributed by atoms with Crippen LogP contribution in [0, 0.1) is 33.8 Å². The number of fused-ring (bicyclic) bond motifs is 1. The molecule has 5 rings (SSSR count). The Bertz CT molecular complexity index is 930. The maximum atomic E-state index is 12.5. The lowest BCUT2D eigenvalue weighted by Crippen LogP contribution is -2.47. The average Bonchev–Trinajstić information content (AvgIpc) is 2.68. The molecule has 7 nitrogen and oxygen atoms in total. The fourth-order valence-corrected chi connectivity index (χ4v) is 4.42. The van der Waals surface area contributed by atoms with Gasteiger partial charge in [-0.2, -0.15) is 0 Å². The van der Waals surface area contributed by atoms with Crippen LogP contribution in [0.5, 0.6) is 0 Å². The van der Waals surface area contributed by atoms with E-state index in [0.29, 0.717) is 11.3 Å². The molecule has 1 aromatic rings. The van der Waals surface area contributed by atoms with E-state index >= 15 is 0 Å². The van der Waals surface area contributed by atoms with E-state index in [0.717, 1.165) is 18.9 Å². The van der Waals surface area contributed by atoms with Gasteiger partial charge in [-0.1, -0.05) is 23.4 Å². The molecule has 1 fully saturated rings. The first kappa shape index (κ1) is 17.3. The lowest BCUT2D eigenvalue weighted by molar-refractivity contribution is -0.384. The summed E-state index contributed by atoms with van der Waals surface area (Å²) in [4.78, 5) is 40.2. The molecule has 0 amide bonds. The van der Waals surface area contributed by atoms with E-state index in [1.165, 1.54) is 18.2 Å². The minimum absolute atomic E-state index is 0.0590. The van der Waals surface area contributed by atoms with Gasteiger partial charge in [0.25, 0.3) is 5.69 Å². The Hall–Kier alpha value is -3.09. The predicted molar refractivity (Wildman–Crippen MR) is 97.0 cm³/mol. The topological polar surface area (TPSA) is 98.9 Å². The quantitative estimate of drug-likeness (QED) is 0.353. The van der Waals surface area contributed by atoms with Crippen molar-refractivity contribution in [3.63, 3.8) is 0 Å². The fourth-order valence-electron chi connectivity index (χ4n) is 4.42. The van der Waals surface area contributed by atoms with Gasteiger partial charge in [0.15, 0.2) is 5.78 Å². The van der Waals surface area contributed by atoms with Crippen LogP contribution < -0.4 is 0 Å². The van der Waals surface area contributed by atoms with Gasteiger partial charge in [-0.15, -0.1) is 0 Å². The highest BCUT2D eigenvalue weighted by Gasteiger charge is 2.48. The molecule has 27 heavy (non-hydrogen) atoms. The molecule has 7 heteroatoms. The Balaban J connectivity index is 1.61. The van der Waals surface area contributed by atoms with Crippen LogP contribution in [0.15, 0.2) is 53.2 Å². The lowest BCUT2D eigenvalue weighted by atomic mass is 9.57. The van der Waals surface area contributed by atoms with Crippen molar-refractivity contribution in [1.82, 2.24) is 0 Å². The highest BCUT2D eigenvalue weighted by molar-refractivity contribution is 6.13. The number of benzene rings is 1. The molecule has 0 saturated heterocycles. The van der Waals surface area contributed by atoms with Crippen LogP contribution in [0.3, 0.4) is 0 Å². The first-order valence-corrected chi connectivity index (χ1v) is 8.90. The molecule has 4 aliphatic rings. The van der Waals surface area contributed by atoms with Crippen molar-refractivity contribution in [3.8, 4) is 0 Å². The van der Waals surface area contributed by atoms with Gasteiger partial charge >= 0.3 is 5.97 Å². The smallest absolute Gasteiger partial charge is 0.313 e. The zero-order chi connectivity index (χ0) is 19.1. The molecular weight excluding hydrogens is 348 g/mol. The minimum atomic E-state index is -0.760. The van der Waals surface area contributed by atoms with Crippen molar-refractivity contribution in [2.24, 2.45) is 28.8 Å². The summed E-state index contributed by atoms with van der Waals surface area (Å²) in [5.74, 6) is -0.460. The number of carbonyl (C=O) groups is 2. The second-order valence-corrected chi connectivity index (χ2v) is 7.23. The molecule has 1 aromatic carbocycles. The van der Waals surface area contributed by atoms with E-state index in [2.05, 4.69) is 17.3 Å². The predicted octanol–water partition coefficient (Wildman–Crippen LogP) is 3.47. The van der Waals surface area contributed by atoms with E-state index < -0.39 is 10.9 Å². The van der Waals surface area contributed by atoms with Crippen molar-refractivity contribution in [3.05, 3.63) is 63.7 Å². The highest BCUT2D eigenvalue weighted by Crippen LogP contribution is 2.48. The lowest BCUT2D eigenvalue weighted by Gasteiger charge is -2.46. The number of hydrogen-bond donors (Lipinski definition) is 0. The first-order valence-electron chi connectivity index (χ1n) is 8.90. The fraction of sp³-hybridized carbons (Fsp3) is 0.350. The van der Waals surface area contributed by atoms with Gasteiger partial charge in [-0.3, -0.25) is 14.9 Å². The van der Waals surface area contributed by atoms with Crippen molar-refractivity contribution in [1.29, 1.82) is 0 Å². The summed E-state index contributed by atoms with van der Waals surface area (Å²) in [5.41, 5.74) is 1.20. The summed E-state index contributed by atoms with van der Waals surface area (Å²) in [6.07, 6.45) is 7.81. The van der Waals surface area contributed by atoms with E-state index in [-0.39, 0.29) is 40.7 Å². The van der Waals surface area contributed by atoms with Crippen LogP contribution in [0.4, 0.5) is 5.69 Å². The molecule has 138 valence electrons. The molecule has 2 bridgehead atoms. The van der Waals surface area contributed by atoms with Crippen LogP contribution >= 0.6 is 0 Å². The summed E-state index contributed by atoms with van der Waals surface area (Å²) in [6.45, 7) is 1.79. The van der Waals surface area contributed by atoms with Crippen LogP contribution in [0.25, 0.3) is 0 Å². The molecule has 0 spiro atoms. The van der Waals surface area contributed by atoms with Gasteiger partial charge in [-0.25, -0.2) is 4.79 Å². The summed E-state index contributed by atoms with van der Waals surface area (Å²) in [5, 5.41) is 15.0. The van der Waals surface area contributed by atoms with Crippen molar-refractivity contribution >= 4 is 23.2 Å². The van der Waals surface area contributed by atoms with Crippen molar-refractivity contribution in [2.75, 3.05) is 0 Å². The number of hydrogen-bond acceptors (Lipinski definition) is 6. The van der Waals surface area contributed by atoms with E-state index in [1.54, 1.807) is 13.0 Å². The maximum absolute atomic E-state index is 12.5. The Labute approximate surface area is 155 Å². The number of nitro groups is 1. The second kappa shape index (κ2) is 6.57. The summed E-state index contributed by atoms with van der Waals surface area (Å²) in [6, 6.07) is 5.33. The third kappa shape index (κ3) is 2.99. The first-order chi connectivity index (χ1) is 13.0. The molecule has 0 aromatic heterocycles. The Morgan fingerprint density at radius 3 is 2.59 bits per heavy atom. The third-order valence-corrected chi connectivity index (χ3v) is 5.67. The van der Waals surface area contributed by atoms with Crippen molar-refractivity contribution < 1.29 is 19.3 Å². The molecule has 4 aliphatic carbocycles. The molecule has 4 atom stereocenters. The third-order valence-electron chi connectivity index (χ3n) is 5.67. The Kier molecular flexibility index (Phi) is 4.22. The molecule has 0 heterocycles. The van der Waals surface area contributed by atoms with Gasteiger partial charge in [0.05, 0.1) is 16.2 Å². The largest absolute Gasteiger partial charge is 0.365 e. The van der Waals surface area contributed by atoms with Gasteiger partial charge in [0.2, 0.25) is 0 Å². The number of rotatable bonds is 3. The van der Waals surface area contributed by atoms with Gasteiger partial charge in [0.1, 0.15) is 0 Å². The van der Waals surface area contributed by atoms with Crippen LogP contribution in [0.1, 0.15) is 30.1 Å². The second-order valence-electron chi connectivity index (χ2n) is 7.23. The number of nitrogens with zero attached hydrogens (tertiary/aromatic N) is 2. The standard InChI is InChI=1S/C20H18N2O5/c1-11-9-16(23)17-12-5-7-13(8-6-12)18(17)19(11)21-27-20(24)14-3-2-4-15(10-14)22(25)26/h2-5,7,9-10,12-13,17-18H,6,8H2,1H3/b21-19+/t12-,13-,17+,18-/m0/s1. The number of non-ortho nitro benzene ring substituents is 1. The number of carbonyl (C=O) groups excluding carboxylic acids is 2. The normalized spacial score (nSPS) is 30.0. The van der Waals surface area contributed by atoms with Crippen LogP contribution in [0.2, 0.25) is 0 Å². The molecule has 0 aliphatic heterocycles. The average molecular weight is 366 g/mol. The van der Waals surface area contributed by atoms with Gasteiger partial charge in [-0.05, 0) is 49.3 Å². The van der Waals surface area contributed by atoms with Crippen molar-refractivity contribution in [2.45, 2.75) is 19.8 Å². The van der Waals surface area contributed by atoms with E-state index in [1.807, 2.05) is 0 Å². The van der Waals surface area contributed by atoms with E-state index in [4.69, 9.17) is 4.84 Å². The molecular formula is C20H18N2O5. The molecule has 0 radical (unpaired) electrons. The van der Waals surface area contributed by atoms with Gasteiger partial charge in [0, 0.05) is 24.0 Å². The summed E-state index contributed by atoms with van der Waals surface area (Å²) in [7, 11) is 0. The van der Waals surface area contributed by atoms with Crippen LogP contribution in [-0.2, 0) is 9.63 Å². The molecule has 0 unspecified atom stereocenters.